The van der Waals surface area contributed by atoms with Crippen LogP contribution < -0.4 is 10.6 Å². The minimum Gasteiger partial charge on any atom is -0.466 e. The Morgan fingerprint density at radius 2 is 1.66 bits per heavy atom. The zero-order valence-electron chi connectivity index (χ0n) is 37.6. The Hall–Kier alpha value is -5.74. The maximum atomic E-state index is 13.8. The highest BCUT2D eigenvalue weighted by Crippen LogP contribution is 2.46. The van der Waals surface area contributed by atoms with Crippen molar-refractivity contribution in [3.8, 4) is 11.3 Å². The molecule has 2 saturated heterocycles. The maximum Gasteiger partial charge on any atom is 0.407 e. The van der Waals surface area contributed by atoms with Crippen molar-refractivity contribution < 1.29 is 28.9 Å². The summed E-state index contributed by atoms with van der Waals surface area (Å²) in [6.07, 6.45) is 9.23. The number of aliphatic hydroxyl groups is 1. The minimum atomic E-state index is -0.700. The van der Waals surface area contributed by atoms with Gasteiger partial charge in [0, 0.05) is 42.3 Å². The van der Waals surface area contributed by atoms with Gasteiger partial charge in [0.25, 0.3) is 0 Å². The van der Waals surface area contributed by atoms with Gasteiger partial charge in [-0.2, -0.15) is 0 Å². The lowest BCUT2D eigenvalue weighted by Gasteiger charge is -2.36. The molecule has 0 radical (unpaired) electrons. The number of rotatable bonds is 14. The number of ether oxygens (including phenoxy) is 3. The molecule has 0 saturated carbocycles. The first-order valence-electron chi connectivity index (χ1n) is 22.8. The van der Waals surface area contributed by atoms with Gasteiger partial charge in [-0.3, -0.25) is 15.0 Å². The number of carbonyl (C=O) groups excluding carboxylic acids is 2. The van der Waals surface area contributed by atoms with Crippen LogP contribution in [0.4, 0.5) is 4.79 Å². The molecule has 338 valence electrons. The van der Waals surface area contributed by atoms with E-state index in [1.165, 1.54) is 7.11 Å². The summed E-state index contributed by atoms with van der Waals surface area (Å²) >= 11 is 0. The molecule has 64 heavy (non-hydrogen) atoms. The number of carbonyl (C=O) groups is 2. The maximum absolute atomic E-state index is 13.8. The summed E-state index contributed by atoms with van der Waals surface area (Å²) in [7, 11) is 2.96. The van der Waals surface area contributed by atoms with E-state index in [0.29, 0.717) is 13.3 Å². The Labute approximate surface area is 374 Å². The summed E-state index contributed by atoms with van der Waals surface area (Å²) in [6.45, 7) is 9.80. The van der Waals surface area contributed by atoms with Crippen LogP contribution in [0.3, 0.4) is 0 Å². The standard InChI is InChI=1S/C49H61N9O6/c1-28(2)42(52-27-62-5)46(59)56-20-10-16-38(56)44-50-25-35(53-44)30-13-9-14-33(22-30)48-58-37-15-8-7-12-32(37)23-40(58)34-19-18-31(24-41(34)64-48)36-26-51-45(54-36)39-17-11-21-57(39)47(60)43(29(3)4)55-49(61)63-6/h7-9,12-15,22-26,28-29,38-39,42-43,46,48,52,59H,10-11,16-21,27H2,1-6H3,(H,50,53)(H,51,54)(H,55,61). The molecule has 6 atom stereocenters. The summed E-state index contributed by atoms with van der Waals surface area (Å²) in [5.74, 6) is 2.37. The first-order chi connectivity index (χ1) is 31.0. The molecule has 0 bridgehead atoms. The second-order valence-corrected chi connectivity index (χ2v) is 18.2. The fourth-order valence-electron chi connectivity index (χ4n) is 10.2. The van der Waals surface area contributed by atoms with Gasteiger partial charge in [0.2, 0.25) is 12.1 Å². The Kier molecular flexibility index (Phi) is 12.5. The van der Waals surface area contributed by atoms with Crippen molar-refractivity contribution in [1.82, 2.24) is 44.9 Å². The highest BCUT2D eigenvalue weighted by molar-refractivity contribution is 5.89. The summed E-state index contributed by atoms with van der Waals surface area (Å²) in [6, 6.07) is 18.1. The quantitative estimate of drug-likeness (QED) is 0.0698. The number of imidazole rings is 2. The predicted octanol–water partition coefficient (Wildman–Crippen LogP) is 7.64. The SMILES string of the molecule is COCNC(C(C)C)C(O)N1CCCC1c1ncc(-c2cccc(C3OC4=C(CCC(c5cnc(C6CCCN6C(=O)C(NC(=O)OC)C(C)C)[nH]5)=C4)c4cc5ccccc5n43)c2)[nH]1. The third-order valence-electron chi connectivity index (χ3n) is 13.5. The molecule has 15 nitrogen and oxygen atoms in total. The van der Waals surface area contributed by atoms with E-state index in [-0.39, 0.29) is 35.9 Å². The third-order valence-corrected chi connectivity index (χ3v) is 13.5. The van der Waals surface area contributed by atoms with Crippen LogP contribution in [0.2, 0.25) is 0 Å². The van der Waals surface area contributed by atoms with Gasteiger partial charge in [-0.15, -0.1) is 0 Å². The average molecular weight is 872 g/mol. The number of H-pyrrole nitrogens is 2. The van der Waals surface area contributed by atoms with Crippen molar-refractivity contribution in [2.24, 2.45) is 11.8 Å². The predicted molar refractivity (Wildman–Crippen MR) is 244 cm³/mol. The van der Waals surface area contributed by atoms with Gasteiger partial charge in [0.1, 0.15) is 29.7 Å². The number of nitrogens with one attached hydrogen (secondary N) is 4. The van der Waals surface area contributed by atoms with Gasteiger partial charge in [-0.25, -0.2) is 14.8 Å². The number of amides is 2. The van der Waals surface area contributed by atoms with Crippen LogP contribution in [0.25, 0.3) is 33.3 Å². The van der Waals surface area contributed by atoms with Crippen molar-refractivity contribution in [3.05, 3.63) is 107 Å². The Bertz CT molecular complexity index is 2550. The zero-order valence-corrected chi connectivity index (χ0v) is 37.6. The topological polar surface area (TPSA) is 175 Å². The van der Waals surface area contributed by atoms with Gasteiger partial charge in [-0.1, -0.05) is 64.1 Å². The highest BCUT2D eigenvalue weighted by atomic mass is 16.5. The molecule has 3 aliphatic heterocycles. The van der Waals surface area contributed by atoms with E-state index in [1.807, 2.05) is 31.1 Å². The minimum absolute atomic E-state index is 0.0382. The molecule has 0 spiro atoms. The summed E-state index contributed by atoms with van der Waals surface area (Å²) < 4.78 is 19.5. The summed E-state index contributed by atoms with van der Waals surface area (Å²) in [4.78, 5) is 46.9. The van der Waals surface area contributed by atoms with Crippen molar-refractivity contribution in [2.75, 3.05) is 34.0 Å². The number of methoxy groups -OCH3 is 2. The fourth-order valence-corrected chi connectivity index (χ4v) is 10.2. The molecular weight excluding hydrogens is 811 g/mol. The third kappa shape index (κ3) is 8.26. The largest absolute Gasteiger partial charge is 0.466 e. The number of fused-ring (bicyclic) bond motifs is 4. The summed E-state index contributed by atoms with van der Waals surface area (Å²) in [5.41, 5.74) is 8.29. The number of benzene rings is 2. The number of hydrogen-bond acceptors (Lipinski definition) is 10. The molecule has 2 amide bonds. The molecule has 9 rings (SSSR count). The van der Waals surface area contributed by atoms with Crippen molar-refractivity contribution in [3.63, 3.8) is 0 Å². The highest BCUT2D eigenvalue weighted by Gasteiger charge is 2.40. The van der Waals surface area contributed by atoms with E-state index in [9.17, 15) is 14.7 Å². The molecule has 3 aromatic heterocycles. The van der Waals surface area contributed by atoms with Gasteiger partial charge in [0.15, 0.2) is 0 Å². The van der Waals surface area contributed by atoms with E-state index >= 15 is 0 Å². The molecule has 6 unspecified atom stereocenters. The number of likely N-dealkylation sites (tertiary alicyclic amines) is 2. The number of aliphatic hydroxyl groups excluding tert-OH is 1. The normalized spacial score (nSPS) is 21.5. The fraction of sp³-hybridized carbons (Fsp3) is 0.469. The van der Waals surface area contributed by atoms with Gasteiger partial charge < -0.3 is 44.1 Å². The van der Waals surface area contributed by atoms with E-state index in [2.05, 4.69) is 105 Å². The Balaban J connectivity index is 0.986. The van der Waals surface area contributed by atoms with E-state index < -0.39 is 24.6 Å². The molecule has 5 aromatic rings. The van der Waals surface area contributed by atoms with Crippen molar-refractivity contribution in [1.29, 1.82) is 0 Å². The zero-order chi connectivity index (χ0) is 44.6. The molecule has 5 N–H and O–H groups in total. The molecule has 15 heteroatoms. The van der Waals surface area contributed by atoms with Crippen LogP contribution >= 0.6 is 0 Å². The Morgan fingerprint density at radius 1 is 0.906 bits per heavy atom. The monoisotopic (exact) mass is 871 g/mol. The van der Waals surface area contributed by atoms with Gasteiger partial charge in [0.05, 0.1) is 67.0 Å². The lowest BCUT2D eigenvalue weighted by atomic mass is 9.92. The average Bonchev–Trinajstić information content (AvgIpc) is 4.16. The molecule has 6 heterocycles. The molecule has 2 fully saturated rings. The smallest absolute Gasteiger partial charge is 0.407 e. The van der Waals surface area contributed by atoms with Crippen LogP contribution in [-0.4, -0.2) is 104 Å². The lowest BCUT2D eigenvalue weighted by Crippen LogP contribution is -2.52. The van der Waals surface area contributed by atoms with Crippen LogP contribution in [0.15, 0.2) is 78.8 Å². The number of alkyl carbamates (subject to hydrolysis) is 1. The van der Waals surface area contributed by atoms with Crippen LogP contribution in [-0.2, 0) is 19.0 Å². The number of nitrogens with zero attached hydrogens (tertiary/aromatic N) is 5. The van der Waals surface area contributed by atoms with E-state index in [4.69, 9.17) is 24.2 Å². The van der Waals surface area contributed by atoms with Crippen LogP contribution in [0.5, 0.6) is 0 Å². The van der Waals surface area contributed by atoms with Crippen LogP contribution in [0.1, 0.15) is 113 Å². The number of para-hydroxylation sites is 1. The first kappa shape index (κ1) is 43.5. The molecular formula is C49H61N9O6. The first-order valence-corrected chi connectivity index (χ1v) is 22.8. The Morgan fingerprint density at radius 3 is 2.44 bits per heavy atom. The van der Waals surface area contributed by atoms with E-state index in [0.717, 1.165) is 113 Å². The number of aromatic nitrogens is 5. The van der Waals surface area contributed by atoms with Crippen LogP contribution in [0, 0.1) is 11.8 Å². The number of aromatic amines is 2. The van der Waals surface area contributed by atoms with E-state index in [1.54, 1.807) is 7.11 Å². The number of allylic oxidation sites excluding steroid dienone is 3. The second kappa shape index (κ2) is 18.4. The van der Waals surface area contributed by atoms with Gasteiger partial charge >= 0.3 is 6.09 Å². The van der Waals surface area contributed by atoms with Crippen molar-refractivity contribution >= 4 is 34.0 Å². The molecule has 1 aliphatic carbocycles. The lowest BCUT2D eigenvalue weighted by molar-refractivity contribution is -0.135. The van der Waals surface area contributed by atoms with Crippen molar-refractivity contribution in [2.45, 2.75) is 103 Å². The molecule has 4 aliphatic rings. The van der Waals surface area contributed by atoms with Gasteiger partial charge in [-0.05, 0) is 80.2 Å². The number of hydrogen-bond donors (Lipinski definition) is 5. The second-order valence-electron chi connectivity index (χ2n) is 18.2. The summed E-state index contributed by atoms with van der Waals surface area (Å²) in [5, 5.41) is 18.8. The molecule has 2 aromatic carbocycles.